The van der Waals surface area contributed by atoms with Crippen LogP contribution in [0.5, 0.6) is 5.75 Å². The number of nitrogens with zero attached hydrogens (tertiary/aromatic N) is 3. The van der Waals surface area contributed by atoms with E-state index in [1.807, 2.05) is 11.0 Å². The molecule has 2 aliphatic rings. The van der Waals surface area contributed by atoms with Gasteiger partial charge < -0.3 is 14.6 Å². The van der Waals surface area contributed by atoms with Crippen LogP contribution in [0, 0.1) is 11.3 Å². The highest BCUT2D eigenvalue weighted by Crippen LogP contribution is 2.32. The normalized spacial score (nSPS) is 24.0. The SMILES string of the molecule is N#CC1CC(F)(F)CN1C(=O)CN1CC[C@H](Oc2cccc3[nH]c(=O)ccc23)C1. The van der Waals surface area contributed by atoms with Crippen molar-refractivity contribution in [2.45, 2.75) is 30.9 Å². The Morgan fingerprint density at radius 2 is 2.17 bits per heavy atom. The van der Waals surface area contributed by atoms with Gasteiger partial charge in [-0.25, -0.2) is 8.78 Å². The van der Waals surface area contributed by atoms with Crippen LogP contribution in [0.15, 0.2) is 35.1 Å². The molecule has 2 aliphatic heterocycles. The lowest BCUT2D eigenvalue weighted by atomic mass is 10.2. The summed E-state index contributed by atoms with van der Waals surface area (Å²) < 4.78 is 33.2. The number of H-pyrrole nitrogens is 1. The Balaban J connectivity index is 1.38. The van der Waals surface area contributed by atoms with Gasteiger partial charge in [0.25, 0.3) is 5.92 Å². The Bertz CT molecular complexity index is 1030. The molecule has 2 fully saturated rings. The molecular weight excluding hydrogens is 382 g/mol. The van der Waals surface area contributed by atoms with Crippen LogP contribution in [0.3, 0.4) is 0 Å². The molecule has 152 valence electrons. The predicted octanol–water partition coefficient (Wildman–Crippen LogP) is 1.74. The molecule has 1 N–H and O–H groups in total. The monoisotopic (exact) mass is 402 g/mol. The van der Waals surface area contributed by atoms with Crippen LogP contribution >= 0.6 is 0 Å². The fourth-order valence-electron chi connectivity index (χ4n) is 3.95. The number of nitrogens with one attached hydrogen (secondary N) is 1. The lowest BCUT2D eigenvalue weighted by Gasteiger charge is -2.23. The molecule has 2 aromatic rings. The molecule has 0 spiro atoms. The summed E-state index contributed by atoms with van der Waals surface area (Å²) in [6.45, 7) is 0.357. The second kappa shape index (κ2) is 7.44. The zero-order valence-corrected chi connectivity index (χ0v) is 15.6. The predicted molar refractivity (Wildman–Crippen MR) is 101 cm³/mol. The van der Waals surface area contributed by atoms with E-state index >= 15 is 0 Å². The van der Waals surface area contributed by atoms with E-state index in [0.29, 0.717) is 30.8 Å². The fraction of sp³-hybridized carbons (Fsp3) is 0.450. The van der Waals surface area contributed by atoms with Crippen LogP contribution in [0.2, 0.25) is 0 Å². The average Bonchev–Trinajstić information content (AvgIpc) is 3.24. The summed E-state index contributed by atoms with van der Waals surface area (Å²) in [4.78, 5) is 29.5. The summed E-state index contributed by atoms with van der Waals surface area (Å²) in [6.07, 6.45) is -0.0817. The van der Waals surface area contributed by atoms with E-state index in [0.717, 1.165) is 10.3 Å². The van der Waals surface area contributed by atoms with Gasteiger partial charge >= 0.3 is 0 Å². The van der Waals surface area contributed by atoms with Crippen molar-refractivity contribution in [2.24, 2.45) is 0 Å². The first kappa shape index (κ1) is 19.3. The number of ether oxygens (including phenoxy) is 1. The number of hydrogen-bond donors (Lipinski definition) is 1. The van der Waals surface area contributed by atoms with E-state index in [-0.39, 0.29) is 18.2 Å². The van der Waals surface area contributed by atoms with E-state index < -0.39 is 30.8 Å². The summed E-state index contributed by atoms with van der Waals surface area (Å²) in [5.74, 6) is -2.83. The number of nitriles is 1. The van der Waals surface area contributed by atoms with E-state index in [4.69, 9.17) is 10.00 Å². The van der Waals surface area contributed by atoms with Gasteiger partial charge in [0.1, 0.15) is 17.9 Å². The number of halogens is 2. The maximum atomic E-state index is 13.6. The van der Waals surface area contributed by atoms with Crippen molar-refractivity contribution < 1.29 is 18.3 Å². The van der Waals surface area contributed by atoms with Gasteiger partial charge in [0, 0.05) is 31.0 Å². The summed E-state index contributed by atoms with van der Waals surface area (Å²) in [6, 6.07) is 9.26. The molecule has 4 rings (SSSR count). The minimum absolute atomic E-state index is 0.0169. The third-order valence-electron chi connectivity index (χ3n) is 5.35. The zero-order valence-electron chi connectivity index (χ0n) is 15.6. The van der Waals surface area contributed by atoms with E-state index in [9.17, 15) is 18.4 Å². The molecule has 2 saturated heterocycles. The van der Waals surface area contributed by atoms with Crippen molar-refractivity contribution >= 4 is 16.8 Å². The number of fused-ring (bicyclic) bond motifs is 1. The minimum atomic E-state index is -3.01. The van der Waals surface area contributed by atoms with Crippen LogP contribution in [0.1, 0.15) is 12.8 Å². The molecule has 0 saturated carbocycles. The Kier molecular flexibility index (Phi) is 4.96. The number of amides is 1. The van der Waals surface area contributed by atoms with E-state index in [1.54, 1.807) is 24.3 Å². The number of pyridine rings is 1. The summed E-state index contributed by atoms with van der Waals surface area (Å²) in [7, 11) is 0. The number of carbonyl (C=O) groups excluding carboxylic acids is 1. The standard InChI is InChI=1S/C20H20F2N4O3/c21-20(22)8-13(9-23)26(12-20)19(28)11-25-7-6-14(10-25)29-17-3-1-2-16-15(17)4-5-18(27)24-16/h1-5,13-14H,6-8,10-12H2,(H,24,27)/t13?,14-/m0/s1. The van der Waals surface area contributed by atoms with Gasteiger partial charge in [-0.05, 0) is 24.6 Å². The second-order valence-electron chi connectivity index (χ2n) is 7.53. The molecule has 1 unspecified atom stereocenters. The first-order valence-corrected chi connectivity index (χ1v) is 9.43. The van der Waals surface area contributed by atoms with Gasteiger partial charge in [-0.1, -0.05) is 6.07 Å². The van der Waals surface area contributed by atoms with Crippen LogP contribution < -0.4 is 10.3 Å². The molecule has 29 heavy (non-hydrogen) atoms. The van der Waals surface area contributed by atoms with Crippen LogP contribution in [-0.4, -0.2) is 64.9 Å². The maximum absolute atomic E-state index is 13.6. The number of aromatic amines is 1. The van der Waals surface area contributed by atoms with Gasteiger partial charge in [-0.2, -0.15) is 5.26 Å². The highest BCUT2D eigenvalue weighted by Gasteiger charge is 2.47. The lowest BCUT2D eigenvalue weighted by molar-refractivity contribution is -0.133. The molecule has 0 bridgehead atoms. The molecule has 1 aromatic heterocycles. The van der Waals surface area contributed by atoms with Crippen molar-refractivity contribution in [3.63, 3.8) is 0 Å². The Labute approximate surface area is 165 Å². The molecule has 7 nitrogen and oxygen atoms in total. The van der Waals surface area contributed by atoms with Crippen LogP contribution in [-0.2, 0) is 4.79 Å². The van der Waals surface area contributed by atoms with Gasteiger partial charge in [0.05, 0.1) is 24.7 Å². The lowest BCUT2D eigenvalue weighted by Crippen LogP contribution is -2.42. The van der Waals surface area contributed by atoms with Gasteiger partial charge in [0.15, 0.2) is 0 Å². The van der Waals surface area contributed by atoms with E-state index in [2.05, 4.69) is 4.98 Å². The number of benzene rings is 1. The molecular formula is C20H20F2N4O3. The smallest absolute Gasteiger partial charge is 0.268 e. The number of aromatic nitrogens is 1. The summed E-state index contributed by atoms with van der Waals surface area (Å²) in [5, 5.41) is 9.84. The first-order chi connectivity index (χ1) is 13.8. The average molecular weight is 402 g/mol. The maximum Gasteiger partial charge on any atom is 0.268 e. The molecule has 2 atom stereocenters. The van der Waals surface area contributed by atoms with Crippen molar-refractivity contribution in [2.75, 3.05) is 26.2 Å². The Morgan fingerprint density at radius 1 is 1.34 bits per heavy atom. The van der Waals surface area contributed by atoms with Crippen LogP contribution in [0.25, 0.3) is 10.9 Å². The van der Waals surface area contributed by atoms with Gasteiger partial charge in [-0.15, -0.1) is 0 Å². The third kappa shape index (κ3) is 4.07. The van der Waals surface area contributed by atoms with Gasteiger partial charge in [0.2, 0.25) is 11.5 Å². The molecule has 0 radical (unpaired) electrons. The summed E-state index contributed by atoms with van der Waals surface area (Å²) >= 11 is 0. The topological polar surface area (TPSA) is 89.4 Å². The first-order valence-electron chi connectivity index (χ1n) is 9.43. The zero-order chi connectivity index (χ0) is 20.6. The molecule has 3 heterocycles. The number of alkyl halides is 2. The van der Waals surface area contributed by atoms with E-state index in [1.165, 1.54) is 6.07 Å². The third-order valence-corrected chi connectivity index (χ3v) is 5.35. The van der Waals surface area contributed by atoms with Crippen molar-refractivity contribution in [3.8, 4) is 11.8 Å². The largest absolute Gasteiger partial charge is 0.488 e. The molecule has 0 aliphatic carbocycles. The highest BCUT2D eigenvalue weighted by atomic mass is 19.3. The highest BCUT2D eigenvalue weighted by molar-refractivity contribution is 5.84. The Morgan fingerprint density at radius 3 is 2.97 bits per heavy atom. The molecule has 1 amide bonds. The van der Waals surface area contributed by atoms with Crippen molar-refractivity contribution in [3.05, 3.63) is 40.7 Å². The van der Waals surface area contributed by atoms with Crippen molar-refractivity contribution in [1.82, 2.24) is 14.8 Å². The second-order valence-corrected chi connectivity index (χ2v) is 7.53. The minimum Gasteiger partial charge on any atom is -0.488 e. The quantitative estimate of drug-likeness (QED) is 0.842. The summed E-state index contributed by atoms with van der Waals surface area (Å²) in [5.41, 5.74) is 0.487. The fourth-order valence-corrected chi connectivity index (χ4v) is 3.95. The number of carbonyl (C=O) groups is 1. The van der Waals surface area contributed by atoms with Crippen LogP contribution in [0.4, 0.5) is 8.78 Å². The molecule has 1 aromatic carbocycles. The Hall–Kier alpha value is -2.99. The number of likely N-dealkylation sites (tertiary alicyclic amines) is 2. The van der Waals surface area contributed by atoms with Crippen molar-refractivity contribution in [1.29, 1.82) is 5.26 Å². The van der Waals surface area contributed by atoms with Gasteiger partial charge in [-0.3, -0.25) is 14.5 Å². The number of rotatable bonds is 4. The number of hydrogen-bond acceptors (Lipinski definition) is 5. The molecule has 9 heteroatoms.